The van der Waals surface area contributed by atoms with E-state index in [1.165, 1.54) is 24.2 Å². The van der Waals surface area contributed by atoms with Gasteiger partial charge < -0.3 is 10.6 Å². The Morgan fingerprint density at radius 1 is 1.10 bits per heavy atom. The Morgan fingerprint density at radius 3 is 2.58 bits per heavy atom. The smallest absolute Gasteiger partial charge is 0.274 e. The molecule has 2 aromatic carbocycles. The topological polar surface area (TPSA) is 89.2 Å². The number of likely N-dealkylation sites (tertiary alicyclic amines) is 1. The minimum absolute atomic E-state index is 0.216. The summed E-state index contributed by atoms with van der Waals surface area (Å²) >= 11 is 0. The molecule has 158 valence electrons. The summed E-state index contributed by atoms with van der Waals surface area (Å²) in [6, 6.07) is 16.5. The van der Waals surface area contributed by atoms with Crippen LogP contribution in [0.3, 0.4) is 0 Å². The quantitative estimate of drug-likeness (QED) is 0.693. The Hall–Kier alpha value is -3.54. The van der Waals surface area contributed by atoms with E-state index in [0.717, 1.165) is 16.7 Å². The zero-order chi connectivity index (χ0) is 21.8. The van der Waals surface area contributed by atoms with Gasteiger partial charge in [0, 0.05) is 25.5 Å². The summed E-state index contributed by atoms with van der Waals surface area (Å²) in [5.41, 5.74) is 9.86. The molecule has 0 spiro atoms. The second-order valence-corrected chi connectivity index (χ2v) is 8.31. The van der Waals surface area contributed by atoms with Gasteiger partial charge in [-0.1, -0.05) is 54.1 Å². The summed E-state index contributed by atoms with van der Waals surface area (Å²) in [5.74, 6) is -0.586. The van der Waals surface area contributed by atoms with E-state index in [9.17, 15) is 9.59 Å². The number of rotatable bonds is 5. The minimum atomic E-state index is -0.804. The highest BCUT2D eigenvalue weighted by Gasteiger charge is 2.42. The van der Waals surface area contributed by atoms with Crippen molar-refractivity contribution in [3.05, 3.63) is 83.9 Å². The molecule has 2 N–H and O–H groups in total. The lowest BCUT2D eigenvalue weighted by atomic mass is 9.74. The van der Waals surface area contributed by atoms with Crippen molar-refractivity contribution in [3.63, 3.8) is 0 Å². The molecule has 4 rings (SSSR count). The number of nitrogens with zero attached hydrogens (tertiary/aromatic N) is 3. The predicted octanol–water partition coefficient (Wildman–Crippen LogP) is 3.40. The number of primary amides is 1. The van der Waals surface area contributed by atoms with Crippen LogP contribution in [0, 0.1) is 12.3 Å². The minimum Gasteiger partial charge on any atom is -0.369 e. The van der Waals surface area contributed by atoms with Gasteiger partial charge in [0.15, 0.2) is 0 Å². The van der Waals surface area contributed by atoms with Gasteiger partial charge in [0.1, 0.15) is 5.69 Å². The highest BCUT2D eigenvalue weighted by Crippen LogP contribution is 2.35. The Bertz CT molecular complexity index is 1100. The van der Waals surface area contributed by atoms with Crippen LogP contribution in [-0.2, 0) is 11.2 Å². The maximum absolute atomic E-state index is 12.9. The third-order valence-corrected chi connectivity index (χ3v) is 5.99. The van der Waals surface area contributed by atoms with Crippen LogP contribution in [0.5, 0.6) is 0 Å². The molecule has 2 heterocycles. The van der Waals surface area contributed by atoms with Gasteiger partial charge in [-0.15, -0.1) is 0 Å². The van der Waals surface area contributed by atoms with Crippen LogP contribution < -0.4 is 5.73 Å². The van der Waals surface area contributed by atoms with Gasteiger partial charge in [0.05, 0.1) is 11.6 Å². The number of aromatic nitrogens is 2. The number of hydrogen-bond acceptors (Lipinski definition) is 4. The van der Waals surface area contributed by atoms with Gasteiger partial charge in [-0.3, -0.25) is 14.6 Å². The number of carbonyl (C=O) groups excluding carboxylic acids is 2. The molecule has 0 aliphatic carbocycles. The molecule has 6 nitrogen and oxygen atoms in total. The molecule has 1 aliphatic rings. The van der Waals surface area contributed by atoms with Crippen molar-refractivity contribution in [3.8, 4) is 11.1 Å². The van der Waals surface area contributed by atoms with Gasteiger partial charge in [0.2, 0.25) is 5.91 Å². The Morgan fingerprint density at radius 2 is 1.87 bits per heavy atom. The summed E-state index contributed by atoms with van der Waals surface area (Å²) in [6.07, 6.45) is 6.34. The molecule has 2 amide bonds. The van der Waals surface area contributed by atoms with Gasteiger partial charge >= 0.3 is 0 Å². The second-order valence-electron chi connectivity index (χ2n) is 8.31. The van der Waals surface area contributed by atoms with E-state index in [-0.39, 0.29) is 24.1 Å². The van der Waals surface area contributed by atoms with Crippen LogP contribution >= 0.6 is 0 Å². The summed E-state index contributed by atoms with van der Waals surface area (Å²) in [4.78, 5) is 35.3. The van der Waals surface area contributed by atoms with Crippen molar-refractivity contribution in [1.29, 1.82) is 0 Å². The van der Waals surface area contributed by atoms with Crippen LogP contribution in [0.25, 0.3) is 11.1 Å². The van der Waals surface area contributed by atoms with E-state index < -0.39 is 5.41 Å². The van der Waals surface area contributed by atoms with Crippen molar-refractivity contribution < 1.29 is 9.59 Å². The van der Waals surface area contributed by atoms with E-state index in [2.05, 4.69) is 47.2 Å². The second kappa shape index (κ2) is 8.68. The van der Waals surface area contributed by atoms with E-state index in [0.29, 0.717) is 25.8 Å². The number of amides is 2. The molecule has 0 saturated carbocycles. The van der Waals surface area contributed by atoms with E-state index >= 15 is 0 Å². The number of benzene rings is 2. The number of hydrogen-bond donors (Lipinski definition) is 1. The lowest BCUT2D eigenvalue weighted by Crippen LogP contribution is -2.53. The van der Waals surface area contributed by atoms with Crippen molar-refractivity contribution >= 4 is 11.8 Å². The first-order chi connectivity index (χ1) is 15.0. The highest BCUT2D eigenvalue weighted by atomic mass is 16.2. The molecule has 0 bridgehead atoms. The summed E-state index contributed by atoms with van der Waals surface area (Å²) in [6.45, 7) is 2.93. The molecule has 31 heavy (non-hydrogen) atoms. The maximum atomic E-state index is 12.9. The fourth-order valence-corrected chi connectivity index (χ4v) is 4.39. The SMILES string of the molecule is Cc1cccc(-c2cccc(CC3(C(N)=O)CCCN(C(=O)c4cnccn4)C3)c2)c1. The van der Waals surface area contributed by atoms with Crippen LogP contribution in [0.15, 0.2) is 67.1 Å². The normalized spacial score (nSPS) is 18.5. The molecule has 1 fully saturated rings. The van der Waals surface area contributed by atoms with E-state index in [1.54, 1.807) is 4.90 Å². The average molecular weight is 415 g/mol. The van der Waals surface area contributed by atoms with Crippen LogP contribution in [0.1, 0.15) is 34.5 Å². The molecule has 3 aromatic rings. The maximum Gasteiger partial charge on any atom is 0.274 e. The fourth-order valence-electron chi connectivity index (χ4n) is 4.39. The zero-order valence-corrected chi connectivity index (χ0v) is 17.6. The molecule has 1 aromatic heterocycles. The zero-order valence-electron chi connectivity index (χ0n) is 17.6. The molecule has 1 saturated heterocycles. The number of aryl methyl sites for hydroxylation is 1. The highest BCUT2D eigenvalue weighted by molar-refractivity contribution is 5.93. The van der Waals surface area contributed by atoms with Gasteiger partial charge in [-0.2, -0.15) is 0 Å². The Labute approximate surface area is 182 Å². The third kappa shape index (κ3) is 4.48. The fraction of sp³-hybridized carbons (Fsp3) is 0.280. The summed E-state index contributed by atoms with van der Waals surface area (Å²) in [5, 5.41) is 0. The van der Waals surface area contributed by atoms with Gasteiger partial charge in [0.25, 0.3) is 5.91 Å². The van der Waals surface area contributed by atoms with E-state index in [4.69, 9.17) is 5.73 Å². The molecular weight excluding hydrogens is 388 g/mol. The number of piperidine rings is 1. The first-order valence-electron chi connectivity index (χ1n) is 10.5. The molecule has 0 radical (unpaired) electrons. The van der Waals surface area contributed by atoms with Crippen molar-refractivity contribution in [1.82, 2.24) is 14.9 Å². The van der Waals surface area contributed by atoms with E-state index in [1.807, 2.05) is 18.2 Å². The summed E-state index contributed by atoms with van der Waals surface area (Å²) < 4.78 is 0. The molecule has 1 unspecified atom stereocenters. The van der Waals surface area contributed by atoms with Crippen molar-refractivity contribution in [2.24, 2.45) is 11.1 Å². The van der Waals surface area contributed by atoms with Crippen LogP contribution in [0.4, 0.5) is 0 Å². The first-order valence-corrected chi connectivity index (χ1v) is 10.5. The first kappa shape index (κ1) is 20.7. The van der Waals surface area contributed by atoms with Crippen molar-refractivity contribution in [2.45, 2.75) is 26.2 Å². The van der Waals surface area contributed by atoms with Gasteiger partial charge in [-0.05, 0) is 42.9 Å². The molecule has 1 aliphatic heterocycles. The monoisotopic (exact) mass is 414 g/mol. The average Bonchev–Trinajstić information content (AvgIpc) is 2.79. The Kier molecular flexibility index (Phi) is 5.80. The lowest BCUT2D eigenvalue weighted by Gasteiger charge is -2.40. The van der Waals surface area contributed by atoms with Gasteiger partial charge in [-0.25, -0.2) is 4.98 Å². The largest absolute Gasteiger partial charge is 0.369 e. The lowest BCUT2D eigenvalue weighted by molar-refractivity contribution is -0.130. The standard InChI is InChI=1S/C25H26N4O2/c1-18-5-2-7-20(13-18)21-8-3-6-19(14-21)15-25(24(26)31)9-4-12-29(17-25)23(30)22-16-27-10-11-28-22/h2-3,5-8,10-11,13-14,16H,4,9,12,15,17H2,1H3,(H2,26,31). The molecule has 1 atom stereocenters. The number of carbonyl (C=O) groups is 2. The predicted molar refractivity (Wildman–Crippen MR) is 119 cm³/mol. The van der Waals surface area contributed by atoms with Crippen LogP contribution in [-0.4, -0.2) is 39.8 Å². The summed E-state index contributed by atoms with van der Waals surface area (Å²) in [7, 11) is 0. The number of nitrogens with two attached hydrogens (primary N) is 1. The Balaban J connectivity index is 1.60. The molecular formula is C25H26N4O2. The third-order valence-electron chi connectivity index (χ3n) is 5.99. The van der Waals surface area contributed by atoms with Crippen molar-refractivity contribution in [2.75, 3.05) is 13.1 Å². The molecule has 6 heteroatoms. The van der Waals surface area contributed by atoms with Crippen LogP contribution in [0.2, 0.25) is 0 Å².